The molecular weight excluding hydrogens is 165 g/mol. The van der Waals surface area contributed by atoms with Crippen LogP contribution in [0.15, 0.2) is 0 Å². The van der Waals surface area contributed by atoms with Crippen molar-refractivity contribution in [2.45, 2.75) is 25.7 Å². The molecule has 2 unspecified atom stereocenters. The van der Waals surface area contributed by atoms with Gasteiger partial charge in [-0.05, 0) is 37.6 Å². The summed E-state index contributed by atoms with van der Waals surface area (Å²) in [6.07, 6.45) is 4.49. The molecule has 1 aliphatic carbocycles. The standard InChI is InChI=1S/C8H16FN.ClH/c9-5-7-2-1-3-8(4-7)6-10;/h7-8H,1-6,10H2;1H. The van der Waals surface area contributed by atoms with Gasteiger partial charge < -0.3 is 5.73 Å². The topological polar surface area (TPSA) is 26.0 Å². The minimum absolute atomic E-state index is 0. The molecule has 1 saturated carbocycles. The van der Waals surface area contributed by atoms with E-state index in [1.165, 1.54) is 12.8 Å². The maximum absolute atomic E-state index is 12.1. The number of halogens is 2. The summed E-state index contributed by atoms with van der Waals surface area (Å²) in [6, 6.07) is 0. The highest BCUT2D eigenvalue weighted by molar-refractivity contribution is 5.85. The minimum Gasteiger partial charge on any atom is -0.330 e. The summed E-state index contributed by atoms with van der Waals surface area (Å²) in [7, 11) is 0. The molecule has 68 valence electrons. The fraction of sp³-hybridized carbons (Fsp3) is 1.00. The summed E-state index contributed by atoms with van der Waals surface area (Å²) in [4.78, 5) is 0. The third kappa shape index (κ3) is 3.39. The van der Waals surface area contributed by atoms with Crippen molar-refractivity contribution in [1.29, 1.82) is 0 Å². The minimum atomic E-state index is -0.142. The van der Waals surface area contributed by atoms with E-state index in [9.17, 15) is 4.39 Å². The molecule has 1 aliphatic rings. The summed E-state index contributed by atoms with van der Waals surface area (Å²) in [6.45, 7) is 0.604. The van der Waals surface area contributed by atoms with E-state index in [0.717, 1.165) is 19.4 Å². The Kier molecular flexibility index (Phi) is 5.88. The zero-order valence-corrected chi connectivity index (χ0v) is 7.58. The molecule has 0 aromatic heterocycles. The van der Waals surface area contributed by atoms with Gasteiger partial charge >= 0.3 is 0 Å². The van der Waals surface area contributed by atoms with Crippen LogP contribution in [0.1, 0.15) is 25.7 Å². The fourth-order valence-corrected chi connectivity index (χ4v) is 1.76. The molecule has 0 aliphatic heterocycles. The molecular formula is C8H17ClFN. The van der Waals surface area contributed by atoms with Crippen molar-refractivity contribution in [2.24, 2.45) is 17.6 Å². The first-order chi connectivity index (χ1) is 4.86. The fourth-order valence-electron chi connectivity index (χ4n) is 1.76. The highest BCUT2D eigenvalue weighted by Crippen LogP contribution is 2.28. The molecule has 0 bridgehead atoms. The van der Waals surface area contributed by atoms with E-state index in [1.54, 1.807) is 0 Å². The van der Waals surface area contributed by atoms with Crippen molar-refractivity contribution in [3.8, 4) is 0 Å². The molecule has 0 heterocycles. The van der Waals surface area contributed by atoms with Crippen molar-refractivity contribution >= 4 is 12.4 Å². The normalized spacial score (nSPS) is 31.1. The lowest BCUT2D eigenvalue weighted by Crippen LogP contribution is -2.23. The molecule has 2 atom stereocenters. The SMILES string of the molecule is Cl.NCC1CCCC(CF)C1. The molecule has 1 nitrogen and oxygen atoms in total. The summed E-state index contributed by atoms with van der Waals surface area (Å²) >= 11 is 0. The second kappa shape index (κ2) is 5.78. The number of hydrogen-bond donors (Lipinski definition) is 1. The van der Waals surface area contributed by atoms with E-state index < -0.39 is 0 Å². The van der Waals surface area contributed by atoms with Gasteiger partial charge in [0.15, 0.2) is 0 Å². The third-order valence-electron chi connectivity index (χ3n) is 2.44. The van der Waals surface area contributed by atoms with Crippen molar-refractivity contribution in [3.05, 3.63) is 0 Å². The Hall–Kier alpha value is 0.180. The van der Waals surface area contributed by atoms with Gasteiger partial charge in [0.1, 0.15) is 0 Å². The van der Waals surface area contributed by atoms with Gasteiger partial charge in [-0.2, -0.15) is 0 Å². The number of hydrogen-bond acceptors (Lipinski definition) is 1. The molecule has 0 aromatic rings. The zero-order chi connectivity index (χ0) is 7.40. The van der Waals surface area contributed by atoms with Crippen LogP contribution in [0.3, 0.4) is 0 Å². The zero-order valence-electron chi connectivity index (χ0n) is 6.76. The van der Waals surface area contributed by atoms with Crippen molar-refractivity contribution in [2.75, 3.05) is 13.2 Å². The van der Waals surface area contributed by atoms with Gasteiger partial charge in [-0.1, -0.05) is 6.42 Å². The van der Waals surface area contributed by atoms with E-state index in [4.69, 9.17) is 5.73 Å². The average Bonchev–Trinajstić information content (AvgIpc) is 2.05. The third-order valence-corrected chi connectivity index (χ3v) is 2.44. The monoisotopic (exact) mass is 181 g/mol. The highest BCUT2D eigenvalue weighted by Gasteiger charge is 2.20. The van der Waals surface area contributed by atoms with Crippen LogP contribution < -0.4 is 5.73 Å². The maximum Gasteiger partial charge on any atom is 0.0922 e. The smallest absolute Gasteiger partial charge is 0.0922 e. The average molecular weight is 182 g/mol. The molecule has 0 saturated heterocycles. The second-order valence-corrected chi connectivity index (χ2v) is 3.29. The number of alkyl halides is 1. The Morgan fingerprint density at radius 2 is 1.91 bits per heavy atom. The van der Waals surface area contributed by atoms with E-state index in [-0.39, 0.29) is 19.1 Å². The lowest BCUT2D eigenvalue weighted by molar-refractivity contribution is 0.226. The van der Waals surface area contributed by atoms with Crippen molar-refractivity contribution in [1.82, 2.24) is 0 Å². The predicted molar refractivity (Wildman–Crippen MR) is 47.7 cm³/mol. The van der Waals surface area contributed by atoms with Crippen LogP contribution in [0.5, 0.6) is 0 Å². The van der Waals surface area contributed by atoms with Crippen LogP contribution >= 0.6 is 12.4 Å². The van der Waals surface area contributed by atoms with Gasteiger partial charge in [0.2, 0.25) is 0 Å². The summed E-state index contributed by atoms with van der Waals surface area (Å²) in [5.74, 6) is 0.928. The van der Waals surface area contributed by atoms with Gasteiger partial charge in [0.25, 0.3) is 0 Å². The first-order valence-corrected chi connectivity index (χ1v) is 4.12. The maximum atomic E-state index is 12.1. The second-order valence-electron chi connectivity index (χ2n) is 3.29. The van der Waals surface area contributed by atoms with Crippen LogP contribution in [0, 0.1) is 11.8 Å². The Morgan fingerprint density at radius 1 is 1.27 bits per heavy atom. The Balaban J connectivity index is 0.000001000. The Bertz CT molecular complexity index is 90.1. The number of nitrogens with two attached hydrogens (primary N) is 1. The van der Waals surface area contributed by atoms with Crippen LogP contribution in [-0.4, -0.2) is 13.2 Å². The molecule has 0 spiro atoms. The lowest BCUT2D eigenvalue weighted by Gasteiger charge is -2.25. The Labute approximate surface area is 73.9 Å². The van der Waals surface area contributed by atoms with E-state index in [1.807, 2.05) is 0 Å². The number of rotatable bonds is 2. The van der Waals surface area contributed by atoms with Crippen LogP contribution in [0.25, 0.3) is 0 Å². The summed E-state index contributed by atoms with van der Waals surface area (Å²) < 4.78 is 12.1. The van der Waals surface area contributed by atoms with Gasteiger partial charge in [-0.3, -0.25) is 4.39 Å². The molecule has 11 heavy (non-hydrogen) atoms. The van der Waals surface area contributed by atoms with E-state index in [2.05, 4.69) is 0 Å². The quantitative estimate of drug-likeness (QED) is 0.694. The Morgan fingerprint density at radius 3 is 2.45 bits per heavy atom. The van der Waals surface area contributed by atoms with Gasteiger partial charge in [0, 0.05) is 0 Å². The highest BCUT2D eigenvalue weighted by atomic mass is 35.5. The first-order valence-electron chi connectivity index (χ1n) is 4.12. The predicted octanol–water partition coefficient (Wildman–Crippen LogP) is 2.14. The largest absolute Gasteiger partial charge is 0.330 e. The molecule has 2 N–H and O–H groups in total. The molecule has 1 fully saturated rings. The van der Waals surface area contributed by atoms with Gasteiger partial charge in [-0.15, -0.1) is 12.4 Å². The van der Waals surface area contributed by atoms with Crippen LogP contribution in [-0.2, 0) is 0 Å². The van der Waals surface area contributed by atoms with Crippen molar-refractivity contribution < 1.29 is 4.39 Å². The van der Waals surface area contributed by atoms with Gasteiger partial charge in [0.05, 0.1) is 6.67 Å². The van der Waals surface area contributed by atoms with Crippen LogP contribution in [0.4, 0.5) is 4.39 Å². The molecule has 0 radical (unpaired) electrons. The van der Waals surface area contributed by atoms with E-state index in [0.29, 0.717) is 11.8 Å². The molecule has 3 heteroatoms. The van der Waals surface area contributed by atoms with Crippen LogP contribution in [0.2, 0.25) is 0 Å². The lowest BCUT2D eigenvalue weighted by atomic mass is 9.82. The van der Waals surface area contributed by atoms with Gasteiger partial charge in [-0.25, -0.2) is 0 Å². The molecule has 1 rings (SSSR count). The summed E-state index contributed by atoms with van der Waals surface area (Å²) in [5, 5.41) is 0. The molecule has 0 aromatic carbocycles. The summed E-state index contributed by atoms with van der Waals surface area (Å²) in [5.41, 5.74) is 5.50. The first kappa shape index (κ1) is 11.2. The molecule has 0 amide bonds. The van der Waals surface area contributed by atoms with Crippen molar-refractivity contribution in [3.63, 3.8) is 0 Å². The van der Waals surface area contributed by atoms with E-state index >= 15 is 0 Å².